The summed E-state index contributed by atoms with van der Waals surface area (Å²) in [7, 11) is 0. The van der Waals surface area contributed by atoms with Crippen molar-refractivity contribution in [1.29, 1.82) is 0 Å². The minimum absolute atomic E-state index is 0.00502. The molecule has 1 aliphatic heterocycles. The second-order valence-corrected chi connectivity index (χ2v) is 7.06. The van der Waals surface area contributed by atoms with Crippen LogP contribution in [0.25, 0.3) is 21.3 Å². The third-order valence-electron chi connectivity index (χ3n) is 4.56. The van der Waals surface area contributed by atoms with Crippen LogP contribution in [-0.2, 0) is 9.53 Å². The molecule has 3 heterocycles. The van der Waals surface area contributed by atoms with Gasteiger partial charge >= 0.3 is 0 Å². The molecule has 6 nitrogen and oxygen atoms in total. The number of aromatic nitrogens is 2. The van der Waals surface area contributed by atoms with Crippen LogP contribution in [0.3, 0.4) is 0 Å². The fourth-order valence-corrected chi connectivity index (χ4v) is 4.13. The number of carbonyl (C=O) groups excluding carboxylic acids is 1. The maximum atomic E-state index is 13.3. The Morgan fingerprint density at radius 2 is 2.15 bits per heavy atom. The van der Waals surface area contributed by atoms with Gasteiger partial charge in [0, 0.05) is 23.5 Å². The summed E-state index contributed by atoms with van der Waals surface area (Å²) in [6.45, 7) is 1.11. The molecule has 2 atom stereocenters. The van der Waals surface area contributed by atoms with Gasteiger partial charge in [-0.1, -0.05) is 12.1 Å². The van der Waals surface area contributed by atoms with Gasteiger partial charge < -0.3 is 15.8 Å². The number of primary amides is 1. The van der Waals surface area contributed by atoms with Crippen molar-refractivity contribution in [3.05, 3.63) is 41.8 Å². The smallest absolute Gasteiger partial charge is 0.240 e. The first-order chi connectivity index (χ1) is 12.6. The van der Waals surface area contributed by atoms with Crippen LogP contribution in [0.5, 0.6) is 0 Å². The molecule has 0 spiro atoms. The maximum Gasteiger partial charge on any atom is 0.240 e. The Morgan fingerprint density at radius 3 is 2.85 bits per heavy atom. The van der Waals surface area contributed by atoms with Crippen LogP contribution in [-0.4, -0.2) is 35.1 Å². The number of ether oxygens (including phenoxy) is 1. The van der Waals surface area contributed by atoms with Gasteiger partial charge in [-0.2, -0.15) is 0 Å². The van der Waals surface area contributed by atoms with Crippen molar-refractivity contribution in [3.63, 3.8) is 0 Å². The van der Waals surface area contributed by atoms with Gasteiger partial charge in [-0.05, 0) is 24.1 Å². The molecular weight excluding hydrogens is 355 g/mol. The van der Waals surface area contributed by atoms with E-state index in [9.17, 15) is 9.18 Å². The van der Waals surface area contributed by atoms with E-state index in [4.69, 9.17) is 10.5 Å². The highest BCUT2D eigenvalue weighted by Gasteiger charge is 2.31. The lowest BCUT2D eigenvalue weighted by atomic mass is 9.98. The summed E-state index contributed by atoms with van der Waals surface area (Å²) < 4.78 is 18.6. The first-order valence-corrected chi connectivity index (χ1v) is 9.13. The maximum absolute atomic E-state index is 13.3. The first-order valence-electron chi connectivity index (χ1n) is 8.25. The number of hydrogen-bond acceptors (Lipinski definition) is 6. The van der Waals surface area contributed by atoms with Crippen molar-refractivity contribution in [2.45, 2.75) is 12.5 Å². The molecule has 3 N–H and O–H groups in total. The Bertz CT molecular complexity index is 938. The molecule has 1 fully saturated rings. The van der Waals surface area contributed by atoms with Crippen LogP contribution in [0.4, 0.5) is 10.2 Å². The highest BCUT2D eigenvalue weighted by atomic mass is 32.1. The first kappa shape index (κ1) is 16.9. The number of halogens is 1. The predicted molar refractivity (Wildman–Crippen MR) is 98.3 cm³/mol. The third-order valence-corrected chi connectivity index (χ3v) is 5.45. The lowest BCUT2D eigenvalue weighted by molar-refractivity contribution is -0.119. The fraction of sp³-hybridized carbons (Fsp3) is 0.278. The van der Waals surface area contributed by atoms with Gasteiger partial charge in [0.1, 0.15) is 28.8 Å². The number of hydrogen-bond donors (Lipinski definition) is 2. The van der Waals surface area contributed by atoms with Crippen LogP contribution in [0.1, 0.15) is 6.42 Å². The summed E-state index contributed by atoms with van der Waals surface area (Å²) in [6, 6.07) is 5.68. The van der Waals surface area contributed by atoms with E-state index in [-0.39, 0.29) is 11.7 Å². The van der Waals surface area contributed by atoms with E-state index in [1.807, 2.05) is 5.38 Å². The number of amides is 1. The number of benzene rings is 1. The van der Waals surface area contributed by atoms with Gasteiger partial charge in [-0.15, -0.1) is 11.3 Å². The van der Waals surface area contributed by atoms with Gasteiger partial charge in [0.15, 0.2) is 0 Å². The number of nitrogens with one attached hydrogen (secondary N) is 1. The number of thiophene rings is 1. The highest BCUT2D eigenvalue weighted by Crippen LogP contribution is 2.37. The largest absolute Gasteiger partial charge is 0.381 e. The number of fused-ring (bicyclic) bond motifs is 1. The van der Waals surface area contributed by atoms with Crippen molar-refractivity contribution in [3.8, 4) is 11.1 Å². The molecule has 1 saturated heterocycles. The summed E-state index contributed by atoms with van der Waals surface area (Å²) in [5.74, 6) is -0.180. The van der Waals surface area contributed by atoms with Gasteiger partial charge in [-0.25, -0.2) is 14.4 Å². The molecule has 8 heteroatoms. The van der Waals surface area contributed by atoms with E-state index in [1.165, 1.54) is 29.8 Å². The van der Waals surface area contributed by atoms with Crippen LogP contribution in [0.15, 0.2) is 36.0 Å². The SMILES string of the molecule is NC(=O)[C@H](Nc1ncnc2scc(-c3ccc(F)cc3)c12)[C@H]1CCOC1. The zero-order valence-electron chi connectivity index (χ0n) is 13.8. The molecular formula is C18H17FN4O2S. The fourth-order valence-electron chi connectivity index (χ4n) is 3.21. The minimum Gasteiger partial charge on any atom is -0.381 e. The van der Waals surface area contributed by atoms with Crippen LogP contribution in [0, 0.1) is 11.7 Å². The number of nitrogens with zero attached hydrogens (tertiary/aromatic N) is 2. The molecule has 1 aromatic carbocycles. The van der Waals surface area contributed by atoms with Crippen molar-refractivity contribution < 1.29 is 13.9 Å². The van der Waals surface area contributed by atoms with Crippen LogP contribution >= 0.6 is 11.3 Å². The average Bonchev–Trinajstić information content (AvgIpc) is 3.30. The number of rotatable bonds is 5. The van der Waals surface area contributed by atoms with E-state index >= 15 is 0 Å². The molecule has 134 valence electrons. The van der Waals surface area contributed by atoms with Crippen molar-refractivity contribution >= 4 is 33.3 Å². The Morgan fingerprint density at radius 1 is 1.35 bits per heavy atom. The lowest BCUT2D eigenvalue weighted by Crippen LogP contribution is -2.42. The van der Waals surface area contributed by atoms with Gasteiger partial charge in [-0.3, -0.25) is 4.79 Å². The highest BCUT2D eigenvalue weighted by molar-refractivity contribution is 7.17. The van der Waals surface area contributed by atoms with Crippen molar-refractivity contribution in [2.75, 3.05) is 18.5 Å². The quantitative estimate of drug-likeness (QED) is 0.719. The van der Waals surface area contributed by atoms with E-state index < -0.39 is 11.9 Å². The number of carbonyl (C=O) groups is 1. The standard InChI is InChI=1S/C18H17FN4O2S/c19-12-3-1-10(2-4-12)13-8-26-18-14(13)17(21-9-22-18)23-15(16(20)24)11-5-6-25-7-11/h1-4,8-9,11,15H,5-7H2,(H2,20,24)(H,21,22,23)/t11-,15+/m0/s1. The van der Waals surface area contributed by atoms with E-state index in [0.717, 1.165) is 27.8 Å². The van der Waals surface area contributed by atoms with E-state index in [0.29, 0.717) is 19.0 Å². The Hall–Kier alpha value is -2.58. The Balaban J connectivity index is 1.76. The van der Waals surface area contributed by atoms with Crippen LogP contribution < -0.4 is 11.1 Å². The molecule has 0 radical (unpaired) electrons. The number of nitrogens with two attached hydrogens (primary N) is 1. The monoisotopic (exact) mass is 372 g/mol. The second kappa shape index (κ2) is 6.97. The Kier molecular flexibility index (Phi) is 4.52. The molecule has 1 aliphatic rings. The molecule has 1 amide bonds. The van der Waals surface area contributed by atoms with Crippen molar-refractivity contribution in [2.24, 2.45) is 11.7 Å². The topological polar surface area (TPSA) is 90.1 Å². The molecule has 0 bridgehead atoms. The van der Waals surface area contributed by atoms with Gasteiger partial charge in [0.25, 0.3) is 0 Å². The molecule has 0 unspecified atom stereocenters. The normalized spacial score (nSPS) is 18.1. The Labute approximate surface area is 153 Å². The summed E-state index contributed by atoms with van der Waals surface area (Å²) >= 11 is 1.47. The summed E-state index contributed by atoms with van der Waals surface area (Å²) in [6.07, 6.45) is 2.22. The van der Waals surface area contributed by atoms with Crippen LogP contribution in [0.2, 0.25) is 0 Å². The van der Waals surface area contributed by atoms with Gasteiger partial charge in [0.2, 0.25) is 5.91 Å². The summed E-state index contributed by atoms with van der Waals surface area (Å²) in [5.41, 5.74) is 7.35. The average molecular weight is 372 g/mol. The van der Waals surface area contributed by atoms with Crippen molar-refractivity contribution in [1.82, 2.24) is 9.97 Å². The zero-order chi connectivity index (χ0) is 18.1. The molecule has 26 heavy (non-hydrogen) atoms. The molecule has 4 rings (SSSR count). The molecule has 0 saturated carbocycles. The molecule has 2 aromatic heterocycles. The van der Waals surface area contributed by atoms with E-state index in [2.05, 4.69) is 15.3 Å². The summed E-state index contributed by atoms with van der Waals surface area (Å²) in [4.78, 5) is 21.4. The number of anilines is 1. The van der Waals surface area contributed by atoms with Gasteiger partial charge in [0.05, 0.1) is 12.0 Å². The predicted octanol–water partition coefficient (Wildman–Crippen LogP) is 2.80. The lowest BCUT2D eigenvalue weighted by Gasteiger charge is -2.21. The third kappa shape index (κ3) is 3.13. The zero-order valence-corrected chi connectivity index (χ0v) is 14.6. The molecule has 3 aromatic rings. The molecule has 0 aliphatic carbocycles. The van der Waals surface area contributed by atoms with E-state index in [1.54, 1.807) is 12.1 Å². The second-order valence-electron chi connectivity index (χ2n) is 6.21. The summed E-state index contributed by atoms with van der Waals surface area (Å²) in [5, 5.41) is 5.95. The minimum atomic E-state index is -0.573.